The van der Waals surface area contributed by atoms with Crippen molar-refractivity contribution in [2.24, 2.45) is 5.41 Å². The van der Waals surface area contributed by atoms with Crippen molar-refractivity contribution in [2.45, 2.75) is 73.9 Å². The molecule has 4 aliphatic rings. The number of fused-ring (bicyclic) bond motifs is 2. The van der Waals surface area contributed by atoms with E-state index in [1.165, 1.54) is 42.2 Å². The van der Waals surface area contributed by atoms with E-state index in [1.54, 1.807) is 0 Å². The summed E-state index contributed by atoms with van der Waals surface area (Å²) in [7, 11) is 0. The summed E-state index contributed by atoms with van der Waals surface area (Å²) < 4.78 is 6.22. The Balaban J connectivity index is 1.09. The first-order valence-corrected chi connectivity index (χ1v) is 14.3. The Labute approximate surface area is 222 Å². The first-order chi connectivity index (χ1) is 18.1. The highest BCUT2D eigenvalue weighted by Crippen LogP contribution is 2.47. The number of aliphatic hydroxyl groups excluding tert-OH is 1. The molecule has 7 nitrogen and oxygen atoms in total. The molecule has 1 saturated heterocycles. The van der Waals surface area contributed by atoms with Gasteiger partial charge in [0.15, 0.2) is 17.4 Å². The van der Waals surface area contributed by atoms with Gasteiger partial charge in [-0.3, -0.25) is 0 Å². The van der Waals surface area contributed by atoms with E-state index in [0.29, 0.717) is 17.7 Å². The summed E-state index contributed by atoms with van der Waals surface area (Å²) in [4.78, 5) is 17.7. The predicted octanol–water partition coefficient (Wildman–Crippen LogP) is 4.94. The van der Waals surface area contributed by atoms with Gasteiger partial charge in [0.25, 0.3) is 0 Å². The molecule has 0 unspecified atom stereocenters. The molecule has 1 aromatic carbocycles. The minimum Gasteiger partial charge on any atom is -0.486 e. The Bertz CT molecular complexity index is 1320. The number of hydrogen-bond donors (Lipinski definition) is 2. The van der Waals surface area contributed by atoms with Gasteiger partial charge in [-0.2, -0.15) is 0 Å². The summed E-state index contributed by atoms with van der Waals surface area (Å²) in [6, 6.07) is 10.9. The number of aliphatic hydroxyl groups is 1. The fourth-order valence-corrected chi connectivity index (χ4v) is 7.45. The van der Waals surface area contributed by atoms with Gasteiger partial charge >= 0.3 is 0 Å². The Hall–Kier alpha value is -2.84. The van der Waals surface area contributed by atoms with Crippen molar-refractivity contribution in [1.82, 2.24) is 15.0 Å². The van der Waals surface area contributed by atoms with Crippen LogP contribution in [-0.2, 0) is 19.4 Å². The van der Waals surface area contributed by atoms with E-state index in [0.717, 1.165) is 71.8 Å². The van der Waals surface area contributed by atoms with Crippen molar-refractivity contribution < 1.29 is 9.84 Å². The lowest BCUT2D eigenvalue weighted by molar-refractivity contribution is 0.144. The molecule has 37 heavy (non-hydrogen) atoms. The fraction of sp³-hybridized carbons (Fsp3) is 0.483. The average Bonchev–Trinajstić information content (AvgIpc) is 3.26. The second-order valence-corrected chi connectivity index (χ2v) is 12.3. The van der Waals surface area contributed by atoms with Gasteiger partial charge in [0.05, 0.1) is 22.7 Å². The molecule has 192 valence electrons. The maximum atomic E-state index is 10.3. The van der Waals surface area contributed by atoms with Crippen molar-refractivity contribution in [3.63, 3.8) is 0 Å². The van der Waals surface area contributed by atoms with Crippen LogP contribution in [0.4, 0.5) is 11.6 Å². The Kier molecular flexibility index (Phi) is 5.59. The van der Waals surface area contributed by atoms with Gasteiger partial charge in [-0.05, 0) is 74.5 Å². The van der Waals surface area contributed by atoms with Crippen LogP contribution < -0.4 is 15.0 Å². The number of benzene rings is 1. The molecule has 2 spiro atoms. The smallest absolute Gasteiger partial charge is 0.175 e. The molecular formula is C29H33N5O2S. The quantitative estimate of drug-likeness (QED) is 0.506. The highest BCUT2D eigenvalue weighted by atomic mass is 32.2. The number of piperidine rings is 1. The number of nitrogens with zero attached hydrogens (tertiary/aromatic N) is 4. The van der Waals surface area contributed by atoms with Crippen molar-refractivity contribution in [2.75, 3.05) is 29.9 Å². The van der Waals surface area contributed by atoms with Gasteiger partial charge in [0.1, 0.15) is 17.3 Å². The Morgan fingerprint density at radius 1 is 1.05 bits per heavy atom. The predicted molar refractivity (Wildman–Crippen MR) is 144 cm³/mol. The van der Waals surface area contributed by atoms with E-state index < -0.39 is 0 Å². The van der Waals surface area contributed by atoms with E-state index in [4.69, 9.17) is 14.7 Å². The Morgan fingerprint density at radius 3 is 2.49 bits per heavy atom. The lowest BCUT2D eigenvalue weighted by Crippen LogP contribution is -2.52. The molecule has 0 amide bonds. The third-order valence-corrected chi connectivity index (χ3v) is 9.98. The van der Waals surface area contributed by atoms with Gasteiger partial charge < -0.3 is 20.1 Å². The molecule has 2 aliphatic carbocycles. The molecule has 8 heteroatoms. The van der Waals surface area contributed by atoms with Crippen molar-refractivity contribution in [1.29, 1.82) is 0 Å². The minimum absolute atomic E-state index is 0.0546. The second kappa shape index (κ2) is 8.88. The zero-order valence-corrected chi connectivity index (χ0v) is 22.1. The molecule has 2 N–H and O–H groups in total. The zero-order chi connectivity index (χ0) is 25.0. The number of aromatic nitrogens is 3. The number of hydrogen-bond acceptors (Lipinski definition) is 8. The monoisotopic (exact) mass is 515 g/mol. The van der Waals surface area contributed by atoms with Gasteiger partial charge in [0.2, 0.25) is 0 Å². The molecule has 0 atom stereocenters. The molecule has 2 aromatic heterocycles. The van der Waals surface area contributed by atoms with Gasteiger partial charge in [-0.1, -0.05) is 36.0 Å². The van der Waals surface area contributed by atoms with E-state index in [1.807, 2.05) is 19.2 Å². The second-order valence-electron chi connectivity index (χ2n) is 11.3. The standard InChI is InChI=1S/C29H33N5O2S/c1-19-27(37-23-7-12-30-25-24(23)36-18-29(33-25)8-4-9-29)32-22(17-35)26(31-19)34-13-10-28(11-14-34)15-20-5-2-3-6-21(20)16-28/h2-3,5-7,12,35H,4,8-11,13-18H2,1H3,(H,30,33). The van der Waals surface area contributed by atoms with E-state index in [2.05, 4.69) is 39.5 Å². The molecule has 0 bridgehead atoms. The van der Waals surface area contributed by atoms with Gasteiger partial charge in [-0.15, -0.1) is 0 Å². The number of pyridine rings is 1. The van der Waals surface area contributed by atoms with Gasteiger partial charge in [0, 0.05) is 19.3 Å². The van der Waals surface area contributed by atoms with E-state index >= 15 is 0 Å². The Morgan fingerprint density at radius 2 is 1.81 bits per heavy atom. The summed E-state index contributed by atoms with van der Waals surface area (Å²) in [5, 5.41) is 14.7. The van der Waals surface area contributed by atoms with Crippen LogP contribution in [0.15, 0.2) is 46.5 Å². The van der Waals surface area contributed by atoms with Crippen LogP contribution in [0.25, 0.3) is 0 Å². The maximum Gasteiger partial charge on any atom is 0.175 e. The van der Waals surface area contributed by atoms with Crippen molar-refractivity contribution in [3.8, 4) is 5.75 Å². The number of ether oxygens (including phenoxy) is 1. The van der Waals surface area contributed by atoms with Crippen molar-refractivity contribution in [3.05, 3.63) is 59.0 Å². The van der Waals surface area contributed by atoms with Crippen LogP contribution in [0.1, 0.15) is 54.6 Å². The number of nitrogens with one attached hydrogen (secondary N) is 1. The SMILES string of the molecule is Cc1nc(N2CCC3(CC2)Cc2ccccc2C3)c(CO)nc1Sc1ccnc2c1OCC1(CCC1)N2. The summed E-state index contributed by atoms with van der Waals surface area (Å²) >= 11 is 1.54. The average molecular weight is 516 g/mol. The highest BCUT2D eigenvalue weighted by molar-refractivity contribution is 7.99. The molecule has 2 fully saturated rings. The molecule has 7 rings (SSSR count). The largest absolute Gasteiger partial charge is 0.486 e. The first-order valence-electron chi connectivity index (χ1n) is 13.4. The highest BCUT2D eigenvalue weighted by Gasteiger charge is 2.42. The lowest BCUT2D eigenvalue weighted by Gasteiger charge is -2.45. The van der Waals surface area contributed by atoms with E-state index in [-0.39, 0.29) is 12.1 Å². The van der Waals surface area contributed by atoms with Crippen LogP contribution in [0.3, 0.4) is 0 Å². The molecule has 0 radical (unpaired) electrons. The van der Waals surface area contributed by atoms with Crippen LogP contribution in [0.2, 0.25) is 0 Å². The van der Waals surface area contributed by atoms with Crippen molar-refractivity contribution >= 4 is 23.4 Å². The summed E-state index contributed by atoms with van der Waals surface area (Å²) in [6.45, 7) is 4.45. The number of aryl methyl sites for hydroxylation is 1. The zero-order valence-electron chi connectivity index (χ0n) is 21.3. The van der Waals surface area contributed by atoms with Crippen LogP contribution in [0, 0.1) is 12.3 Å². The molecule has 4 heterocycles. The molecule has 2 aliphatic heterocycles. The third-order valence-electron chi connectivity index (χ3n) is 8.86. The third kappa shape index (κ3) is 4.05. The topological polar surface area (TPSA) is 83.4 Å². The molecule has 3 aromatic rings. The molecule has 1 saturated carbocycles. The first kappa shape index (κ1) is 23.3. The van der Waals surface area contributed by atoms with Crippen LogP contribution in [-0.4, -0.2) is 45.3 Å². The fourth-order valence-electron chi connectivity index (χ4n) is 6.51. The maximum absolute atomic E-state index is 10.3. The van der Waals surface area contributed by atoms with Gasteiger partial charge in [-0.25, -0.2) is 15.0 Å². The normalized spacial score (nSPS) is 20.6. The number of rotatable bonds is 4. The minimum atomic E-state index is -0.127. The van der Waals surface area contributed by atoms with Crippen LogP contribution in [0.5, 0.6) is 5.75 Å². The summed E-state index contributed by atoms with van der Waals surface area (Å²) in [5.74, 6) is 2.44. The number of anilines is 2. The summed E-state index contributed by atoms with van der Waals surface area (Å²) in [5.41, 5.74) is 4.97. The van der Waals surface area contributed by atoms with E-state index in [9.17, 15) is 5.11 Å². The lowest BCUT2D eigenvalue weighted by atomic mass is 9.76. The summed E-state index contributed by atoms with van der Waals surface area (Å²) in [6.07, 6.45) is 9.94. The molecular weight excluding hydrogens is 482 g/mol. The van der Waals surface area contributed by atoms with Crippen LogP contribution >= 0.6 is 11.8 Å².